The van der Waals surface area contributed by atoms with Crippen LogP contribution < -0.4 is 14.5 Å². The van der Waals surface area contributed by atoms with E-state index < -0.39 is 0 Å². The van der Waals surface area contributed by atoms with Crippen LogP contribution in [0.1, 0.15) is 52.7 Å². The highest BCUT2D eigenvalue weighted by molar-refractivity contribution is 6.09. The second kappa shape index (κ2) is 15.4. The lowest BCUT2D eigenvalue weighted by Crippen LogP contribution is -2.25. The Bertz CT molecular complexity index is 3580. The Kier molecular flexibility index (Phi) is 9.30. The van der Waals surface area contributed by atoms with Crippen LogP contribution in [0, 0.1) is 0 Å². The zero-order valence-electron chi connectivity index (χ0n) is 38.9. The molecule has 0 radical (unpaired) electrons. The molecule has 10 bridgehead atoms. The SMILES string of the molecule is CC(C)(C)c1cccc(-c2cc(C(C)(C)C)cc3c2N2CN(c4cccc(c4)Oc4ccc5c6ccccc6n(c5c4)-c4cccc(n4)-c4cccc(c4)-c4ccccc4-3)c3ccccc32)c1. The molecule has 10 aromatic rings. The summed E-state index contributed by atoms with van der Waals surface area (Å²) in [5.41, 5.74) is 18.1. The number of benzene rings is 8. The normalized spacial score (nSPS) is 13.2. The average molecular weight is 869 g/mol. The van der Waals surface area contributed by atoms with Gasteiger partial charge in [0.2, 0.25) is 0 Å². The number of anilines is 4. The Morgan fingerprint density at radius 1 is 0.433 bits per heavy atom. The van der Waals surface area contributed by atoms with Crippen molar-refractivity contribution in [2.24, 2.45) is 0 Å². The number of aromatic nitrogens is 2. The van der Waals surface area contributed by atoms with Gasteiger partial charge < -0.3 is 14.5 Å². The molecule has 0 spiro atoms. The van der Waals surface area contributed by atoms with Crippen molar-refractivity contribution in [1.29, 1.82) is 0 Å². The largest absolute Gasteiger partial charge is 0.457 e. The van der Waals surface area contributed by atoms with Crippen molar-refractivity contribution in [3.8, 4) is 62.0 Å². The van der Waals surface area contributed by atoms with Gasteiger partial charge in [-0.3, -0.25) is 4.57 Å². The number of pyridine rings is 1. The average Bonchev–Trinajstić information content (AvgIpc) is 3.89. The monoisotopic (exact) mass is 868 g/mol. The van der Waals surface area contributed by atoms with Crippen LogP contribution in [0.4, 0.5) is 22.7 Å². The van der Waals surface area contributed by atoms with Gasteiger partial charge in [0.05, 0.1) is 33.8 Å². The zero-order valence-corrected chi connectivity index (χ0v) is 38.9. The standard InChI is InChI=1S/C62H52N4O/c1-61(2,3)43-20-14-18-41(34-43)52-35-44(62(4,5)6)36-53-49-24-8-7-23-48(49)40-17-13-19-42(33-40)54-26-16-30-59(63-54)66-55-27-10-9-25-50(55)51-32-31-47(38-58(51)66)67-46-22-15-21-45(37-46)64-39-65(60(52)53)57-29-12-11-28-56(57)64/h7-38H,39H2,1-6H3. The molecule has 8 aromatic carbocycles. The summed E-state index contributed by atoms with van der Waals surface area (Å²) in [7, 11) is 0. The minimum absolute atomic E-state index is 0.0282. The van der Waals surface area contributed by atoms with E-state index in [0.717, 1.165) is 73.2 Å². The first kappa shape index (κ1) is 40.6. The molecule has 0 saturated heterocycles. The summed E-state index contributed by atoms with van der Waals surface area (Å²) in [4.78, 5) is 10.4. The molecule has 0 atom stereocenters. The first-order valence-electron chi connectivity index (χ1n) is 23.4. The predicted octanol–water partition coefficient (Wildman–Crippen LogP) is 16.8. The number of nitrogens with zero attached hydrogens (tertiary/aromatic N) is 4. The number of para-hydroxylation sites is 3. The Labute approximate surface area is 393 Å². The summed E-state index contributed by atoms with van der Waals surface area (Å²) < 4.78 is 9.11. The Morgan fingerprint density at radius 2 is 1.07 bits per heavy atom. The first-order chi connectivity index (χ1) is 32.5. The van der Waals surface area contributed by atoms with E-state index in [4.69, 9.17) is 9.72 Å². The molecule has 0 unspecified atom stereocenters. The summed E-state index contributed by atoms with van der Waals surface area (Å²) in [6.07, 6.45) is 0. The molecular formula is C62H52N4O. The summed E-state index contributed by atoms with van der Waals surface area (Å²) in [5.74, 6) is 2.38. The number of fused-ring (bicyclic) bond motifs is 23. The Balaban J connectivity index is 1.16. The highest BCUT2D eigenvalue weighted by atomic mass is 16.5. The summed E-state index contributed by atoms with van der Waals surface area (Å²) >= 11 is 0. The van der Waals surface area contributed by atoms with Gasteiger partial charge in [-0.2, -0.15) is 0 Å². The lowest BCUT2D eigenvalue weighted by Gasteiger charge is -2.31. The van der Waals surface area contributed by atoms with Crippen molar-refractivity contribution in [3.63, 3.8) is 0 Å². The van der Waals surface area contributed by atoms with Gasteiger partial charge in [0.15, 0.2) is 0 Å². The third-order valence-electron chi connectivity index (χ3n) is 13.7. The number of hydrogen-bond donors (Lipinski definition) is 0. The van der Waals surface area contributed by atoms with Crippen molar-refractivity contribution < 1.29 is 4.74 Å². The molecule has 12 rings (SSSR count). The van der Waals surface area contributed by atoms with E-state index in [1.807, 2.05) is 0 Å². The van der Waals surface area contributed by atoms with Crippen LogP contribution in [-0.2, 0) is 10.8 Å². The van der Waals surface area contributed by atoms with E-state index in [1.165, 1.54) is 44.5 Å². The van der Waals surface area contributed by atoms with Crippen molar-refractivity contribution in [2.75, 3.05) is 16.5 Å². The number of rotatable bonds is 1. The molecule has 0 amide bonds. The molecule has 0 aliphatic carbocycles. The topological polar surface area (TPSA) is 33.5 Å². The summed E-state index contributed by atoms with van der Waals surface area (Å²) in [6.45, 7) is 14.5. The van der Waals surface area contributed by atoms with Crippen LogP contribution in [0.3, 0.4) is 0 Å². The van der Waals surface area contributed by atoms with Gasteiger partial charge in [-0.05, 0) is 117 Å². The molecule has 2 aromatic heterocycles. The molecule has 5 heteroatoms. The lowest BCUT2D eigenvalue weighted by molar-refractivity contribution is 0.483. The molecule has 2 aliphatic heterocycles. The van der Waals surface area contributed by atoms with Gasteiger partial charge in [-0.15, -0.1) is 0 Å². The summed E-state index contributed by atoms with van der Waals surface area (Å²) in [5, 5.41) is 2.32. The van der Waals surface area contributed by atoms with Crippen LogP contribution in [0.5, 0.6) is 11.5 Å². The van der Waals surface area contributed by atoms with Crippen molar-refractivity contribution in [2.45, 2.75) is 52.4 Å². The molecule has 326 valence electrons. The van der Waals surface area contributed by atoms with Gasteiger partial charge in [-0.1, -0.05) is 151 Å². The molecule has 67 heavy (non-hydrogen) atoms. The van der Waals surface area contributed by atoms with Crippen molar-refractivity contribution >= 4 is 44.6 Å². The fourth-order valence-electron chi connectivity index (χ4n) is 10.2. The fraction of sp³-hybridized carbons (Fsp3) is 0.145. The van der Waals surface area contributed by atoms with E-state index in [9.17, 15) is 0 Å². The first-order valence-corrected chi connectivity index (χ1v) is 23.4. The van der Waals surface area contributed by atoms with Gasteiger partial charge in [0.1, 0.15) is 24.0 Å². The molecule has 5 nitrogen and oxygen atoms in total. The second-order valence-electron chi connectivity index (χ2n) is 20.1. The van der Waals surface area contributed by atoms with E-state index >= 15 is 0 Å². The van der Waals surface area contributed by atoms with Crippen LogP contribution in [0.15, 0.2) is 194 Å². The third-order valence-corrected chi connectivity index (χ3v) is 13.7. The third kappa shape index (κ3) is 6.96. The van der Waals surface area contributed by atoms with Crippen LogP contribution in [-0.4, -0.2) is 16.2 Å². The highest BCUT2D eigenvalue weighted by Crippen LogP contribution is 2.53. The van der Waals surface area contributed by atoms with Gasteiger partial charge >= 0.3 is 0 Å². The van der Waals surface area contributed by atoms with Crippen LogP contribution >= 0.6 is 0 Å². The molecule has 0 N–H and O–H groups in total. The maximum atomic E-state index is 6.84. The molecule has 4 heterocycles. The zero-order chi connectivity index (χ0) is 45.6. The number of hydrogen-bond acceptors (Lipinski definition) is 4. The fourth-order valence-corrected chi connectivity index (χ4v) is 10.2. The highest BCUT2D eigenvalue weighted by Gasteiger charge is 2.33. The van der Waals surface area contributed by atoms with E-state index in [2.05, 4.69) is 250 Å². The summed E-state index contributed by atoms with van der Waals surface area (Å²) in [6, 6.07) is 70.7. The van der Waals surface area contributed by atoms with Gasteiger partial charge in [-0.25, -0.2) is 4.98 Å². The van der Waals surface area contributed by atoms with E-state index in [-0.39, 0.29) is 10.8 Å². The maximum absolute atomic E-state index is 6.84. The quantitative estimate of drug-likeness (QED) is 0.165. The number of ether oxygens (including phenoxy) is 1. The van der Waals surface area contributed by atoms with Crippen molar-refractivity contribution in [1.82, 2.24) is 9.55 Å². The predicted molar refractivity (Wildman–Crippen MR) is 280 cm³/mol. The van der Waals surface area contributed by atoms with E-state index in [0.29, 0.717) is 6.67 Å². The molecule has 2 aliphatic rings. The lowest BCUT2D eigenvalue weighted by atomic mass is 9.80. The molecule has 0 fully saturated rings. The second-order valence-corrected chi connectivity index (χ2v) is 20.1. The minimum Gasteiger partial charge on any atom is -0.457 e. The van der Waals surface area contributed by atoms with Gasteiger partial charge in [0.25, 0.3) is 0 Å². The minimum atomic E-state index is -0.135. The van der Waals surface area contributed by atoms with Gasteiger partial charge in [0, 0.05) is 45.3 Å². The Hall–Kier alpha value is -7.89. The molecular weight excluding hydrogens is 817 g/mol. The smallest absolute Gasteiger partial charge is 0.138 e. The Morgan fingerprint density at radius 3 is 1.90 bits per heavy atom. The van der Waals surface area contributed by atoms with Crippen LogP contribution in [0.25, 0.3) is 72.3 Å². The van der Waals surface area contributed by atoms with E-state index in [1.54, 1.807) is 0 Å². The van der Waals surface area contributed by atoms with Crippen LogP contribution in [0.2, 0.25) is 0 Å². The van der Waals surface area contributed by atoms with Crippen molar-refractivity contribution in [3.05, 3.63) is 205 Å². The molecule has 0 saturated carbocycles. The maximum Gasteiger partial charge on any atom is 0.138 e.